The van der Waals surface area contributed by atoms with E-state index >= 15 is 0 Å². The molecular weight excluding hydrogens is 324 g/mol. The molecule has 0 bridgehead atoms. The van der Waals surface area contributed by atoms with Crippen LogP contribution in [0, 0.1) is 6.92 Å². The summed E-state index contributed by atoms with van der Waals surface area (Å²) in [5.41, 5.74) is 0. The zero-order valence-corrected chi connectivity index (χ0v) is 13.2. The molecule has 0 amide bonds. The molecule has 1 heterocycles. The van der Waals surface area contributed by atoms with Crippen LogP contribution < -0.4 is 0 Å². The van der Waals surface area contributed by atoms with E-state index in [1.165, 1.54) is 11.3 Å². The largest absolute Gasteiger partial charge is 0.388 e. The van der Waals surface area contributed by atoms with Crippen molar-refractivity contribution >= 4 is 37.1 Å². The fourth-order valence-electron chi connectivity index (χ4n) is 1.43. The predicted molar refractivity (Wildman–Crippen MR) is 75.3 cm³/mol. The van der Waals surface area contributed by atoms with Gasteiger partial charge in [-0.05, 0) is 41.8 Å². The Hall–Kier alpha value is 0.0900. The highest BCUT2D eigenvalue weighted by Crippen LogP contribution is 2.32. The maximum Gasteiger partial charge on any atom is 0.150 e. The van der Waals surface area contributed by atoms with Crippen LogP contribution in [0.1, 0.15) is 35.6 Å². The molecule has 1 aromatic heterocycles. The van der Waals surface area contributed by atoms with Gasteiger partial charge in [0.1, 0.15) is 9.84 Å². The fourth-order valence-corrected chi connectivity index (χ4v) is 3.91. The van der Waals surface area contributed by atoms with Gasteiger partial charge >= 0.3 is 0 Å². The zero-order chi connectivity index (χ0) is 13.1. The van der Waals surface area contributed by atoms with Crippen molar-refractivity contribution < 1.29 is 13.5 Å². The highest BCUT2D eigenvalue weighted by molar-refractivity contribution is 9.10. The normalized spacial score (nSPS) is 13.9. The lowest BCUT2D eigenvalue weighted by atomic mass is 10.2. The molecule has 0 radical (unpaired) electrons. The third kappa shape index (κ3) is 4.69. The number of hydrogen-bond acceptors (Lipinski definition) is 4. The van der Waals surface area contributed by atoms with E-state index in [1.807, 2.05) is 13.0 Å². The minimum atomic E-state index is -2.92. The molecule has 3 nitrogen and oxygen atoms in total. The lowest BCUT2D eigenvalue weighted by molar-refractivity contribution is 0.170. The van der Waals surface area contributed by atoms with E-state index in [4.69, 9.17) is 0 Å². The number of hydrogen-bond donors (Lipinski definition) is 1. The van der Waals surface area contributed by atoms with Crippen molar-refractivity contribution in [3.8, 4) is 0 Å². The maximum absolute atomic E-state index is 11.3. The molecule has 0 aliphatic heterocycles. The summed E-state index contributed by atoms with van der Waals surface area (Å²) in [7, 11) is -2.92. The van der Waals surface area contributed by atoms with Crippen LogP contribution in [0.2, 0.25) is 0 Å². The number of halogens is 1. The van der Waals surface area contributed by atoms with Gasteiger partial charge < -0.3 is 5.11 Å². The Morgan fingerprint density at radius 1 is 1.53 bits per heavy atom. The highest BCUT2D eigenvalue weighted by Gasteiger charge is 2.14. The molecule has 1 unspecified atom stereocenters. The van der Waals surface area contributed by atoms with Gasteiger partial charge in [0.05, 0.1) is 11.9 Å². The van der Waals surface area contributed by atoms with Crippen molar-refractivity contribution in [2.75, 3.05) is 11.5 Å². The first-order valence-electron chi connectivity index (χ1n) is 5.50. The monoisotopic (exact) mass is 340 g/mol. The van der Waals surface area contributed by atoms with Crippen LogP contribution in [0.25, 0.3) is 0 Å². The molecule has 0 spiro atoms. The smallest absolute Gasteiger partial charge is 0.150 e. The van der Waals surface area contributed by atoms with Gasteiger partial charge in [-0.15, -0.1) is 11.3 Å². The molecule has 0 fully saturated rings. The van der Waals surface area contributed by atoms with E-state index in [1.54, 1.807) is 6.92 Å². The van der Waals surface area contributed by atoms with Crippen molar-refractivity contribution in [1.82, 2.24) is 0 Å². The second-order valence-corrected chi connectivity index (χ2v) is 8.56. The maximum atomic E-state index is 11.3. The summed E-state index contributed by atoms with van der Waals surface area (Å²) in [6, 6.07) is 1.90. The second-order valence-electron chi connectivity index (χ2n) is 3.95. The fraction of sp³-hybridized carbons (Fsp3) is 0.636. The van der Waals surface area contributed by atoms with Gasteiger partial charge in [0.15, 0.2) is 0 Å². The molecule has 1 atom stereocenters. The average Bonchev–Trinajstić information content (AvgIpc) is 2.59. The van der Waals surface area contributed by atoms with Crippen LogP contribution in [0.5, 0.6) is 0 Å². The van der Waals surface area contributed by atoms with Crippen molar-refractivity contribution in [2.45, 2.75) is 32.8 Å². The molecule has 0 saturated heterocycles. The Morgan fingerprint density at radius 2 is 2.18 bits per heavy atom. The number of aliphatic hydroxyl groups excluding tert-OH is 1. The summed E-state index contributed by atoms with van der Waals surface area (Å²) in [4.78, 5) is 2.02. The Kier molecular flexibility index (Phi) is 5.63. The summed E-state index contributed by atoms with van der Waals surface area (Å²) < 4.78 is 23.6. The van der Waals surface area contributed by atoms with Gasteiger partial charge in [0, 0.05) is 20.0 Å². The van der Waals surface area contributed by atoms with E-state index in [-0.39, 0.29) is 11.5 Å². The standard InChI is InChI=1S/C11H17BrO3S2/c1-3-17(14,15)6-4-5-10(13)11-7-9(12)8(2)16-11/h7,10,13H,3-6H2,1-2H3. The van der Waals surface area contributed by atoms with Crippen LogP contribution in [0.3, 0.4) is 0 Å². The number of thiophene rings is 1. The van der Waals surface area contributed by atoms with E-state index in [9.17, 15) is 13.5 Å². The zero-order valence-electron chi connectivity index (χ0n) is 9.94. The third-order valence-electron chi connectivity index (χ3n) is 2.58. The number of rotatable bonds is 6. The highest BCUT2D eigenvalue weighted by atomic mass is 79.9. The Bertz CT molecular complexity index is 446. The van der Waals surface area contributed by atoms with Gasteiger partial charge in [0.2, 0.25) is 0 Å². The molecule has 98 valence electrons. The van der Waals surface area contributed by atoms with E-state index in [0.717, 1.165) is 14.2 Å². The van der Waals surface area contributed by atoms with Gasteiger partial charge in [-0.3, -0.25) is 0 Å². The summed E-state index contributed by atoms with van der Waals surface area (Å²) in [6.45, 7) is 3.62. The number of aryl methyl sites for hydroxylation is 1. The van der Waals surface area contributed by atoms with Crippen LogP contribution >= 0.6 is 27.3 Å². The van der Waals surface area contributed by atoms with Crippen molar-refractivity contribution in [1.29, 1.82) is 0 Å². The van der Waals surface area contributed by atoms with Crippen LogP contribution in [-0.2, 0) is 9.84 Å². The SMILES string of the molecule is CCS(=O)(=O)CCCC(O)c1cc(Br)c(C)s1. The van der Waals surface area contributed by atoms with Crippen molar-refractivity contribution in [3.63, 3.8) is 0 Å². The Labute approximate surface area is 115 Å². The molecule has 0 aliphatic rings. The summed E-state index contributed by atoms with van der Waals surface area (Å²) in [5, 5.41) is 9.92. The molecular formula is C11H17BrO3S2. The quantitative estimate of drug-likeness (QED) is 0.865. The Morgan fingerprint density at radius 3 is 2.65 bits per heavy atom. The van der Waals surface area contributed by atoms with Crippen LogP contribution in [-0.4, -0.2) is 25.0 Å². The molecule has 17 heavy (non-hydrogen) atoms. The van der Waals surface area contributed by atoms with Gasteiger partial charge in [0.25, 0.3) is 0 Å². The third-order valence-corrected chi connectivity index (χ3v) is 6.61. The minimum absolute atomic E-state index is 0.159. The van der Waals surface area contributed by atoms with Gasteiger partial charge in [-0.1, -0.05) is 6.92 Å². The topological polar surface area (TPSA) is 54.4 Å². The molecule has 1 aromatic rings. The summed E-state index contributed by atoms with van der Waals surface area (Å²) >= 11 is 4.94. The minimum Gasteiger partial charge on any atom is -0.388 e. The molecule has 0 aliphatic carbocycles. The summed E-state index contributed by atoms with van der Waals surface area (Å²) in [5.74, 6) is 0.332. The second kappa shape index (κ2) is 6.31. The lowest BCUT2D eigenvalue weighted by Gasteiger charge is -2.07. The Balaban J connectivity index is 2.48. The van der Waals surface area contributed by atoms with E-state index < -0.39 is 15.9 Å². The molecule has 1 N–H and O–H groups in total. The average molecular weight is 341 g/mol. The molecule has 6 heteroatoms. The van der Waals surface area contributed by atoms with Crippen LogP contribution in [0.4, 0.5) is 0 Å². The first kappa shape index (κ1) is 15.1. The first-order valence-corrected chi connectivity index (χ1v) is 8.93. The number of sulfone groups is 1. The van der Waals surface area contributed by atoms with Gasteiger partial charge in [-0.2, -0.15) is 0 Å². The van der Waals surface area contributed by atoms with Crippen molar-refractivity contribution in [3.05, 3.63) is 20.3 Å². The van der Waals surface area contributed by atoms with E-state index in [2.05, 4.69) is 15.9 Å². The van der Waals surface area contributed by atoms with Gasteiger partial charge in [-0.25, -0.2) is 8.42 Å². The first-order chi connectivity index (χ1) is 7.85. The summed E-state index contributed by atoms with van der Waals surface area (Å²) in [6.07, 6.45) is 0.439. The van der Waals surface area contributed by atoms with Crippen LogP contribution in [0.15, 0.2) is 10.5 Å². The van der Waals surface area contributed by atoms with E-state index in [0.29, 0.717) is 12.8 Å². The molecule has 1 rings (SSSR count). The predicted octanol–water partition coefficient (Wildman–Crippen LogP) is 3.07. The molecule has 0 aromatic carbocycles. The lowest BCUT2D eigenvalue weighted by Crippen LogP contribution is -2.09. The van der Waals surface area contributed by atoms with Crippen molar-refractivity contribution in [2.24, 2.45) is 0 Å². The molecule has 0 saturated carbocycles. The number of aliphatic hydroxyl groups is 1.